The van der Waals surface area contributed by atoms with Crippen LogP contribution in [0.4, 0.5) is 5.69 Å². The lowest BCUT2D eigenvalue weighted by Gasteiger charge is -2.17. The molecule has 102 valence electrons. The SMILES string of the molecule is CCCOc1cccc(NC(C)CCC(C)C)c1. The van der Waals surface area contributed by atoms with Crippen LogP contribution < -0.4 is 10.1 Å². The maximum absolute atomic E-state index is 5.64. The molecular formula is C16H27NO. The van der Waals surface area contributed by atoms with Crippen molar-refractivity contribution >= 4 is 5.69 Å². The molecule has 0 aliphatic heterocycles. The van der Waals surface area contributed by atoms with Crippen molar-refractivity contribution in [1.82, 2.24) is 0 Å². The van der Waals surface area contributed by atoms with Crippen LogP contribution in [0.5, 0.6) is 5.75 Å². The van der Waals surface area contributed by atoms with Gasteiger partial charge >= 0.3 is 0 Å². The van der Waals surface area contributed by atoms with Gasteiger partial charge in [0.05, 0.1) is 6.61 Å². The zero-order chi connectivity index (χ0) is 13.4. The molecule has 1 N–H and O–H groups in total. The number of hydrogen-bond acceptors (Lipinski definition) is 2. The van der Waals surface area contributed by atoms with E-state index in [2.05, 4.69) is 45.1 Å². The van der Waals surface area contributed by atoms with Gasteiger partial charge in [-0.15, -0.1) is 0 Å². The van der Waals surface area contributed by atoms with E-state index in [0.29, 0.717) is 6.04 Å². The fourth-order valence-corrected chi connectivity index (χ4v) is 1.84. The zero-order valence-electron chi connectivity index (χ0n) is 12.2. The first kappa shape index (κ1) is 14.9. The molecule has 0 saturated heterocycles. The first-order valence-electron chi connectivity index (χ1n) is 7.11. The fraction of sp³-hybridized carbons (Fsp3) is 0.625. The summed E-state index contributed by atoms with van der Waals surface area (Å²) in [7, 11) is 0. The molecule has 0 saturated carbocycles. The molecule has 1 aromatic carbocycles. The first-order valence-corrected chi connectivity index (χ1v) is 7.11. The van der Waals surface area contributed by atoms with E-state index < -0.39 is 0 Å². The van der Waals surface area contributed by atoms with Gasteiger partial charge in [0.25, 0.3) is 0 Å². The van der Waals surface area contributed by atoms with E-state index in [-0.39, 0.29) is 0 Å². The maximum atomic E-state index is 5.64. The van der Waals surface area contributed by atoms with E-state index in [0.717, 1.165) is 30.4 Å². The van der Waals surface area contributed by atoms with E-state index in [1.54, 1.807) is 0 Å². The van der Waals surface area contributed by atoms with Crippen LogP contribution in [0.15, 0.2) is 24.3 Å². The Labute approximate surface area is 112 Å². The molecule has 0 spiro atoms. The van der Waals surface area contributed by atoms with Crippen molar-refractivity contribution in [2.75, 3.05) is 11.9 Å². The Balaban J connectivity index is 2.45. The second-order valence-electron chi connectivity index (χ2n) is 5.39. The Morgan fingerprint density at radius 3 is 2.61 bits per heavy atom. The van der Waals surface area contributed by atoms with Crippen molar-refractivity contribution in [2.45, 2.75) is 53.0 Å². The number of rotatable bonds is 8. The minimum atomic E-state index is 0.508. The summed E-state index contributed by atoms with van der Waals surface area (Å²) in [6.45, 7) is 9.68. The molecule has 0 fully saturated rings. The van der Waals surface area contributed by atoms with Crippen LogP contribution in [0.3, 0.4) is 0 Å². The molecule has 0 aliphatic carbocycles. The van der Waals surface area contributed by atoms with Gasteiger partial charge in [-0.1, -0.05) is 26.8 Å². The summed E-state index contributed by atoms with van der Waals surface area (Å²) in [6, 6.07) is 8.75. The van der Waals surface area contributed by atoms with Gasteiger partial charge in [0.15, 0.2) is 0 Å². The Morgan fingerprint density at radius 1 is 1.17 bits per heavy atom. The number of hydrogen-bond donors (Lipinski definition) is 1. The number of nitrogens with one attached hydrogen (secondary N) is 1. The zero-order valence-corrected chi connectivity index (χ0v) is 12.2. The first-order chi connectivity index (χ1) is 8.61. The summed E-state index contributed by atoms with van der Waals surface area (Å²) in [5.74, 6) is 1.73. The molecular weight excluding hydrogens is 222 g/mol. The van der Waals surface area contributed by atoms with Crippen LogP contribution in [0.25, 0.3) is 0 Å². The van der Waals surface area contributed by atoms with Crippen LogP contribution in [0.1, 0.15) is 47.0 Å². The van der Waals surface area contributed by atoms with Gasteiger partial charge in [0, 0.05) is 17.8 Å². The normalized spacial score (nSPS) is 12.5. The molecule has 0 aliphatic rings. The molecule has 0 aromatic heterocycles. The third-order valence-corrected chi connectivity index (χ3v) is 2.90. The quantitative estimate of drug-likeness (QED) is 0.720. The van der Waals surface area contributed by atoms with Gasteiger partial charge in [-0.25, -0.2) is 0 Å². The number of ether oxygens (including phenoxy) is 1. The third kappa shape index (κ3) is 5.95. The van der Waals surface area contributed by atoms with Crippen molar-refractivity contribution < 1.29 is 4.74 Å². The van der Waals surface area contributed by atoms with Crippen LogP contribution >= 0.6 is 0 Å². The van der Waals surface area contributed by atoms with E-state index in [1.807, 2.05) is 12.1 Å². The second-order valence-corrected chi connectivity index (χ2v) is 5.39. The highest BCUT2D eigenvalue weighted by molar-refractivity contribution is 5.48. The highest BCUT2D eigenvalue weighted by atomic mass is 16.5. The van der Waals surface area contributed by atoms with E-state index in [9.17, 15) is 0 Å². The summed E-state index contributed by atoms with van der Waals surface area (Å²) < 4.78 is 5.64. The van der Waals surface area contributed by atoms with Gasteiger partial charge in [-0.05, 0) is 44.2 Å². The third-order valence-electron chi connectivity index (χ3n) is 2.90. The fourth-order valence-electron chi connectivity index (χ4n) is 1.84. The molecule has 1 aromatic rings. The highest BCUT2D eigenvalue weighted by Crippen LogP contribution is 2.19. The number of benzene rings is 1. The van der Waals surface area contributed by atoms with Gasteiger partial charge in [-0.2, -0.15) is 0 Å². The molecule has 1 unspecified atom stereocenters. The maximum Gasteiger partial charge on any atom is 0.121 e. The smallest absolute Gasteiger partial charge is 0.121 e. The van der Waals surface area contributed by atoms with Crippen LogP contribution in [-0.4, -0.2) is 12.6 Å². The summed E-state index contributed by atoms with van der Waals surface area (Å²) in [5.41, 5.74) is 1.15. The van der Waals surface area contributed by atoms with Crippen LogP contribution in [0, 0.1) is 5.92 Å². The van der Waals surface area contributed by atoms with Crippen LogP contribution in [0.2, 0.25) is 0 Å². The molecule has 18 heavy (non-hydrogen) atoms. The topological polar surface area (TPSA) is 21.3 Å². The minimum absolute atomic E-state index is 0.508. The molecule has 0 heterocycles. The summed E-state index contributed by atoms with van der Waals surface area (Å²) in [5, 5.41) is 3.53. The Bertz CT molecular complexity index is 336. The largest absolute Gasteiger partial charge is 0.494 e. The highest BCUT2D eigenvalue weighted by Gasteiger charge is 2.04. The van der Waals surface area contributed by atoms with Crippen molar-refractivity contribution in [2.24, 2.45) is 5.92 Å². The summed E-state index contributed by atoms with van der Waals surface area (Å²) in [4.78, 5) is 0. The van der Waals surface area contributed by atoms with Crippen molar-refractivity contribution in [1.29, 1.82) is 0 Å². The second kappa shape index (κ2) is 8.02. The predicted molar refractivity (Wildman–Crippen MR) is 79.4 cm³/mol. The number of anilines is 1. The average Bonchev–Trinajstić information content (AvgIpc) is 2.34. The van der Waals surface area contributed by atoms with Crippen molar-refractivity contribution in [3.63, 3.8) is 0 Å². The van der Waals surface area contributed by atoms with Crippen molar-refractivity contribution in [3.8, 4) is 5.75 Å². The Morgan fingerprint density at radius 2 is 1.94 bits per heavy atom. The standard InChI is InChI=1S/C16H27NO/c1-5-11-18-16-8-6-7-15(12-16)17-14(4)10-9-13(2)3/h6-8,12-14,17H,5,9-11H2,1-4H3. The average molecular weight is 249 g/mol. The molecule has 0 bridgehead atoms. The van der Waals surface area contributed by atoms with Crippen LogP contribution in [-0.2, 0) is 0 Å². The van der Waals surface area contributed by atoms with Gasteiger partial charge in [-0.3, -0.25) is 0 Å². The monoisotopic (exact) mass is 249 g/mol. The summed E-state index contributed by atoms with van der Waals surface area (Å²) >= 11 is 0. The molecule has 2 nitrogen and oxygen atoms in total. The van der Waals surface area contributed by atoms with E-state index in [1.165, 1.54) is 12.8 Å². The van der Waals surface area contributed by atoms with Gasteiger partial charge in [0.2, 0.25) is 0 Å². The van der Waals surface area contributed by atoms with Crippen molar-refractivity contribution in [3.05, 3.63) is 24.3 Å². The molecule has 1 rings (SSSR count). The lowest BCUT2D eigenvalue weighted by Crippen LogP contribution is -2.15. The molecule has 0 amide bonds. The molecule has 2 heteroatoms. The predicted octanol–water partition coefficient (Wildman–Crippen LogP) is 4.71. The minimum Gasteiger partial charge on any atom is -0.494 e. The van der Waals surface area contributed by atoms with E-state index >= 15 is 0 Å². The Hall–Kier alpha value is -1.18. The van der Waals surface area contributed by atoms with E-state index in [4.69, 9.17) is 4.74 Å². The molecule has 1 atom stereocenters. The summed E-state index contributed by atoms with van der Waals surface area (Å²) in [6.07, 6.45) is 3.51. The lowest BCUT2D eigenvalue weighted by atomic mass is 10.0. The Kier molecular flexibility index (Phi) is 6.63. The lowest BCUT2D eigenvalue weighted by molar-refractivity contribution is 0.317. The van der Waals surface area contributed by atoms with Gasteiger partial charge < -0.3 is 10.1 Å². The molecule has 0 radical (unpaired) electrons. The van der Waals surface area contributed by atoms with Gasteiger partial charge in [0.1, 0.15) is 5.75 Å².